The summed E-state index contributed by atoms with van der Waals surface area (Å²) in [5.74, 6) is 0.626. The average molecular weight is 292 g/mol. The molecule has 1 heterocycles. The second-order valence-electron chi connectivity index (χ2n) is 5.61. The number of likely N-dealkylation sites (N-methyl/N-ethyl adjacent to an activating group) is 1. The van der Waals surface area contributed by atoms with Crippen LogP contribution in [0.2, 0.25) is 0 Å². The lowest BCUT2D eigenvalue weighted by Gasteiger charge is -2.11. The Morgan fingerprint density at radius 2 is 2.00 bits per heavy atom. The molecule has 0 saturated heterocycles. The Morgan fingerprint density at radius 3 is 2.62 bits per heavy atom. The molecule has 0 saturated carbocycles. The van der Waals surface area contributed by atoms with Crippen molar-refractivity contribution in [3.63, 3.8) is 0 Å². The van der Waals surface area contributed by atoms with E-state index in [0.717, 1.165) is 42.6 Å². The second kappa shape index (κ2) is 6.94. The van der Waals surface area contributed by atoms with Crippen LogP contribution in [0.1, 0.15) is 25.8 Å². The van der Waals surface area contributed by atoms with Gasteiger partial charge in [-0.2, -0.15) is 0 Å². The molecule has 1 aromatic heterocycles. The molecule has 21 heavy (non-hydrogen) atoms. The Kier molecular flexibility index (Phi) is 5.23. The van der Waals surface area contributed by atoms with Gasteiger partial charge in [-0.3, -0.25) is 0 Å². The minimum absolute atomic E-state index is 0.174. The van der Waals surface area contributed by atoms with Crippen molar-refractivity contribution >= 4 is 10.9 Å². The van der Waals surface area contributed by atoms with Crippen LogP contribution in [-0.2, 0) is 13.0 Å². The van der Waals surface area contributed by atoms with E-state index in [9.17, 15) is 4.39 Å². The zero-order valence-corrected chi connectivity index (χ0v) is 13.4. The zero-order chi connectivity index (χ0) is 15.4. The molecule has 0 N–H and O–H groups in total. The summed E-state index contributed by atoms with van der Waals surface area (Å²) in [6.45, 7) is 6.46. The summed E-state index contributed by atoms with van der Waals surface area (Å²) in [6, 6.07) is 3.27. The first kappa shape index (κ1) is 15.8. The lowest BCUT2D eigenvalue weighted by Crippen LogP contribution is -2.15. The smallest absolute Gasteiger partial charge is 0.147 e. The fraction of sp³-hybridized carbons (Fsp3) is 0.529. The average Bonchev–Trinajstić information content (AvgIpc) is 2.84. The van der Waals surface area contributed by atoms with Crippen LogP contribution in [0.15, 0.2) is 18.3 Å². The van der Waals surface area contributed by atoms with Gasteiger partial charge in [0.15, 0.2) is 0 Å². The zero-order valence-electron chi connectivity index (χ0n) is 13.4. The van der Waals surface area contributed by atoms with Gasteiger partial charge in [-0.25, -0.2) is 4.39 Å². The summed E-state index contributed by atoms with van der Waals surface area (Å²) in [7, 11) is 4.10. The second-order valence-corrected chi connectivity index (χ2v) is 5.61. The Balaban J connectivity index is 2.52. The molecule has 0 bridgehead atoms. The monoisotopic (exact) mass is 292 g/mol. The van der Waals surface area contributed by atoms with Crippen molar-refractivity contribution in [2.45, 2.75) is 33.2 Å². The minimum atomic E-state index is -0.174. The third-order valence-corrected chi connectivity index (χ3v) is 3.64. The number of hydrogen-bond acceptors (Lipinski definition) is 2. The maximum Gasteiger partial charge on any atom is 0.147 e. The first-order chi connectivity index (χ1) is 10.1. The Morgan fingerprint density at radius 1 is 1.24 bits per heavy atom. The third kappa shape index (κ3) is 3.38. The number of ether oxygens (including phenoxy) is 1. The molecule has 0 aliphatic carbocycles. The molecular formula is C17H25FN2O. The predicted octanol–water partition coefficient (Wildman–Crippen LogP) is 3.69. The molecule has 1 aromatic carbocycles. The van der Waals surface area contributed by atoms with E-state index in [0.29, 0.717) is 12.1 Å². The van der Waals surface area contributed by atoms with Crippen LogP contribution < -0.4 is 4.74 Å². The molecule has 0 atom stereocenters. The number of nitrogens with zero attached hydrogens (tertiary/aromatic N) is 2. The Bertz CT molecular complexity index is 604. The summed E-state index contributed by atoms with van der Waals surface area (Å²) in [6.07, 6.45) is 3.90. The van der Waals surface area contributed by atoms with Crippen molar-refractivity contribution in [2.75, 3.05) is 27.2 Å². The number of halogens is 1. The summed E-state index contributed by atoms with van der Waals surface area (Å²) in [5.41, 5.74) is 1.83. The van der Waals surface area contributed by atoms with Gasteiger partial charge >= 0.3 is 0 Å². The normalized spacial score (nSPS) is 11.5. The minimum Gasteiger partial charge on any atom is -0.493 e. The van der Waals surface area contributed by atoms with Crippen molar-refractivity contribution in [2.24, 2.45) is 0 Å². The van der Waals surface area contributed by atoms with E-state index in [1.54, 1.807) is 6.07 Å². The molecule has 0 spiro atoms. The van der Waals surface area contributed by atoms with E-state index in [2.05, 4.69) is 18.0 Å². The van der Waals surface area contributed by atoms with Crippen molar-refractivity contribution in [1.29, 1.82) is 0 Å². The van der Waals surface area contributed by atoms with Crippen molar-refractivity contribution in [3.8, 4) is 5.75 Å². The van der Waals surface area contributed by atoms with Gasteiger partial charge in [0.1, 0.15) is 11.6 Å². The highest BCUT2D eigenvalue weighted by molar-refractivity contribution is 5.90. The fourth-order valence-electron chi connectivity index (χ4n) is 2.57. The van der Waals surface area contributed by atoms with Crippen LogP contribution >= 0.6 is 0 Å². The van der Waals surface area contributed by atoms with Crippen molar-refractivity contribution in [1.82, 2.24) is 9.47 Å². The maximum atomic E-state index is 14.3. The SMILES string of the molecule is CCCOc1ccc(F)c2c1c(CCN(C)C)cn2CC. The van der Waals surface area contributed by atoms with E-state index < -0.39 is 0 Å². The van der Waals surface area contributed by atoms with Crippen LogP contribution in [0.5, 0.6) is 5.75 Å². The number of aryl methyl sites for hydroxylation is 1. The van der Waals surface area contributed by atoms with Gasteiger partial charge in [0.25, 0.3) is 0 Å². The van der Waals surface area contributed by atoms with Gasteiger partial charge < -0.3 is 14.2 Å². The molecule has 0 unspecified atom stereocenters. The summed E-state index contributed by atoms with van der Waals surface area (Å²) >= 11 is 0. The first-order valence-electron chi connectivity index (χ1n) is 7.66. The number of fused-ring (bicyclic) bond motifs is 1. The highest BCUT2D eigenvalue weighted by Gasteiger charge is 2.16. The molecule has 2 aromatic rings. The van der Waals surface area contributed by atoms with E-state index in [-0.39, 0.29) is 5.82 Å². The fourth-order valence-corrected chi connectivity index (χ4v) is 2.57. The van der Waals surface area contributed by atoms with Gasteiger partial charge in [-0.1, -0.05) is 6.92 Å². The molecule has 3 nitrogen and oxygen atoms in total. The number of hydrogen-bond donors (Lipinski definition) is 0. The number of benzene rings is 1. The van der Waals surface area contributed by atoms with Gasteiger partial charge in [0.05, 0.1) is 12.1 Å². The largest absolute Gasteiger partial charge is 0.493 e. The molecule has 0 fully saturated rings. The molecule has 0 aliphatic heterocycles. The van der Waals surface area contributed by atoms with E-state index in [4.69, 9.17) is 4.74 Å². The standard InChI is InChI=1S/C17H25FN2O/c1-5-11-21-15-8-7-14(18)17-16(15)13(9-10-19(3)4)12-20(17)6-2/h7-8,12H,5-6,9-11H2,1-4H3. The summed E-state index contributed by atoms with van der Waals surface area (Å²) in [5, 5.41) is 0.937. The van der Waals surface area contributed by atoms with Gasteiger partial charge in [-0.05, 0) is 51.6 Å². The van der Waals surface area contributed by atoms with Crippen LogP contribution in [0.25, 0.3) is 10.9 Å². The topological polar surface area (TPSA) is 17.4 Å². The molecule has 0 aliphatic rings. The first-order valence-corrected chi connectivity index (χ1v) is 7.66. The molecule has 116 valence electrons. The molecule has 2 rings (SSSR count). The summed E-state index contributed by atoms with van der Waals surface area (Å²) < 4.78 is 22.1. The third-order valence-electron chi connectivity index (χ3n) is 3.64. The quantitative estimate of drug-likeness (QED) is 0.774. The number of rotatable bonds is 7. The van der Waals surface area contributed by atoms with Crippen LogP contribution in [-0.4, -0.2) is 36.7 Å². The predicted molar refractivity (Wildman–Crippen MR) is 85.6 cm³/mol. The molecule has 0 radical (unpaired) electrons. The Hall–Kier alpha value is -1.55. The van der Waals surface area contributed by atoms with Gasteiger partial charge in [-0.15, -0.1) is 0 Å². The van der Waals surface area contributed by atoms with E-state index in [1.165, 1.54) is 6.07 Å². The van der Waals surface area contributed by atoms with Crippen molar-refractivity contribution < 1.29 is 9.13 Å². The maximum absolute atomic E-state index is 14.3. The van der Waals surface area contributed by atoms with Crippen molar-refractivity contribution in [3.05, 3.63) is 29.7 Å². The van der Waals surface area contributed by atoms with E-state index >= 15 is 0 Å². The summed E-state index contributed by atoms with van der Waals surface area (Å²) in [4.78, 5) is 2.14. The molecule has 0 amide bonds. The van der Waals surface area contributed by atoms with Crippen LogP contribution in [0.4, 0.5) is 4.39 Å². The highest BCUT2D eigenvalue weighted by Crippen LogP contribution is 2.33. The Labute approximate surface area is 126 Å². The van der Waals surface area contributed by atoms with Crippen LogP contribution in [0, 0.1) is 5.82 Å². The van der Waals surface area contributed by atoms with Gasteiger partial charge in [0.2, 0.25) is 0 Å². The molecular weight excluding hydrogens is 267 g/mol. The van der Waals surface area contributed by atoms with Gasteiger partial charge in [0, 0.05) is 24.7 Å². The van der Waals surface area contributed by atoms with Crippen LogP contribution in [0.3, 0.4) is 0 Å². The lowest BCUT2D eigenvalue weighted by molar-refractivity contribution is 0.320. The highest BCUT2D eigenvalue weighted by atomic mass is 19.1. The van der Waals surface area contributed by atoms with E-state index in [1.807, 2.05) is 25.6 Å². The number of aromatic nitrogens is 1. The molecule has 4 heteroatoms. The lowest BCUT2D eigenvalue weighted by atomic mass is 10.1.